The van der Waals surface area contributed by atoms with Crippen LogP contribution in [0.4, 0.5) is 10.0 Å². The highest BCUT2D eigenvalue weighted by atomic mass is 32.1. The average molecular weight is 495 g/mol. The van der Waals surface area contributed by atoms with Crippen molar-refractivity contribution in [2.24, 2.45) is 0 Å². The number of hydrogen-bond donors (Lipinski definition) is 0. The average Bonchev–Trinajstić information content (AvgIpc) is 3.64. The fraction of sp³-hybridized carbons (Fsp3) is 0.0769. The van der Waals surface area contributed by atoms with Crippen molar-refractivity contribution in [3.05, 3.63) is 83.6 Å². The van der Waals surface area contributed by atoms with E-state index >= 15 is 4.32 Å². The summed E-state index contributed by atoms with van der Waals surface area (Å²) in [6.45, 7) is -0.905. The van der Waals surface area contributed by atoms with Gasteiger partial charge in [-0.05, 0) is 10.8 Å². The van der Waals surface area contributed by atoms with Crippen molar-refractivity contribution in [3.8, 4) is 15.2 Å². The molecule has 1 atom stereocenters. The molecule has 2 aromatic carbocycles. The Labute approximate surface area is 208 Å². The van der Waals surface area contributed by atoms with E-state index in [1.807, 2.05) is 59.1 Å². The van der Waals surface area contributed by atoms with Gasteiger partial charge in [0.25, 0.3) is 0 Å². The van der Waals surface area contributed by atoms with Crippen LogP contribution in [0.25, 0.3) is 35.4 Å². The summed E-state index contributed by atoms with van der Waals surface area (Å²) < 4.78 is 22.8. The molecule has 0 saturated carbocycles. The maximum Gasteiger partial charge on any atom is 0.302 e. The van der Waals surface area contributed by atoms with Crippen LogP contribution in [0.3, 0.4) is 0 Å². The van der Waals surface area contributed by atoms with E-state index in [1.165, 1.54) is 30.5 Å². The van der Waals surface area contributed by atoms with Crippen molar-refractivity contribution in [3.63, 3.8) is 0 Å². The molecule has 0 N–H and O–H groups in total. The summed E-state index contributed by atoms with van der Waals surface area (Å²) in [5.41, 5.74) is 5.26. The number of aromatic nitrogens is 1. The van der Waals surface area contributed by atoms with Crippen LogP contribution in [-0.4, -0.2) is 19.6 Å². The lowest BCUT2D eigenvalue weighted by Crippen LogP contribution is -2.72. The molecule has 0 bridgehead atoms. The van der Waals surface area contributed by atoms with Crippen LogP contribution in [0.5, 0.6) is 0 Å². The first kappa shape index (κ1) is 19.5. The van der Waals surface area contributed by atoms with Gasteiger partial charge in [-0.2, -0.15) is 10.9 Å². The number of nitrogens with zero attached hydrogens (tertiary/aromatic N) is 2. The summed E-state index contributed by atoms with van der Waals surface area (Å²) in [4.78, 5) is 4.46. The number of anilines is 1. The molecular formula is C26H18B2FN2S3-. The van der Waals surface area contributed by atoms with Gasteiger partial charge in [-0.15, -0.1) is 44.8 Å². The molecule has 0 aliphatic carbocycles. The molecular weight excluding hydrogens is 477 g/mol. The summed E-state index contributed by atoms with van der Waals surface area (Å²) in [5.74, 6) is 0. The van der Waals surface area contributed by atoms with Crippen LogP contribution in [0.2, 0.25) is 0 Å². The van der Waals surface area contributed by atoms with Crippen LogP contribution in [0.15, 0.2) is 83.6 Å². The fourth-order valence-electron chi connectivity index (χ4n) is 6.23. The molecule has 0 unspecified atom stereocenters. The second-order valence-electron chi connectivity index (χ2n) is 9.20. The normalized spacial score (nSPS) is 18.6. The van der Waals surface area contributed by atoms with Crippen LogP contribution >= 0.6 is 34.0 Å². The SMILES string of the molecule is F[B@@-]1(c2ccccc2)c2ccsc2-c2sc3c4sccc4[b-](-c4ccccc4)[n+]4c3c2N1CC4. The number of thiophene rings is 3. The number of hydrogen-bond acceptors (Lipinski definition) is 4. The molecule has 34 heavy (non-hydrogen) atoms. The van der Waals surface area contributed by atoms with Gasteiger partial charge in [-0.1, -0.05) is 72.8 Å². The molecule has 0 fully saturated rings. The molecule has 0 radical (unpaired) electrons. The highest BCUT2D eigenvalue weighted by Crippen LogP contribution is 2.52. The molecule has 164 valence electrons. The van der Waals surface area contributed by atoms with Crippen molar-refractivity contribution in [2.45, 2.75) is 6.54 Å². The van der Waals surface area contributed by atoms with E-state index in [0.717, 1.165) is 28.0 Å². The molecule has 6 heterocycles. The predicted octanol–water partition coefficient (Wildman–Crippen LogP) is 5.51. The van der Waals surface area contributed by atoms with E-state index in [-0.39, 0.29) is 6.49 Å². The predicted molar refractivity (Wildman–Crippen MR) is 148 cm³/mol. The van der Waals surface area contributed by atoms with Gasteiger partial charge in [0.15, 0.2) is 5.52 Å². The lowest BCUT2D eigenvalue weighted by atomic mass is 9.42. The molecule has 2 aliphatic rings. The minimum atomic E-state index is -2.53. The Balaban J connectivity index is 1.54. The molecule has 0 amide bonds. The van der Waals surface area contributed by atoms with Gasteiger partial charge in [0.2, 0.25) is 6.49 Å². The topological polar surface area (TPSA) is 7.12 Å². The maximum atomic E-state index is 17.6. The minimum Gasteiger partial charge on any atom is -0.500 e. The fourth-order valence-corrected chi connectivity index (χ4v) is 9.80. The third-order valence-electron chi connectivity index (χ3n) is 7.62. The quantitative estimate of drug-likeness (QED) is 0.288. The molecule has 0 saturated heterocycles. The smallest absolute Gasteiger partial charge is 0.302 e. The minimum absolute atomic E-state index is 0.166. The number of rotatable bonds is 2. The number of fused-ring (bicyclic) bond motifs is 4. The van der Waals surface area contributed by atoms with E-state index in [9.17, 15) is 0 Å². The second-order valence-corrected chi connectivity index (χ2v) is 12.0. The van der Waals surface area contributed by atoms with Gasteiger partial charge < -0.3 is 13.6 Å². The standard InChI is InChI=1S/C26H18B2FN2S3/c29-28(18-9-5-2-6-10-18)20-12-16-33-24(20)26-22-21-25(34-26)23-19(11-15-32-23)27(17-7-3-1-4-8-17)30(21)13-14-31(22)28/h1-12,15-16H,13-14H2/q-1/t28-/m1/s1. The number of benzene rings is 2. The first-order valence-corrected chi connectivity index (χ1v) is 14.1. The largest absolute Gasteiger partial charge is 0.500 e. The first-order chi connectivity index (χ1) is 16.8. The highest BCUT2D eigenvalue weighted by Gasteiger charge is 2.46. The Morgan fingerprint density at radius 2 is 1.62 bits per heavy atom. The molecule has 0 spiro atoms. The lowest BCUT2D eigenvalue weighted by Gasteiger charge is -2.51. The Kier molecular flexibility index (Phi) is 3.94. The Hall–Kier alpha value is -2.80. The van der Waals surface area contributed by atoms with Gasteiger partial charge in [0.1, 0.15) is 11.2 Å². The van der Waals surface area contributed by atoms with E-state index in [4.69, 9.17) is 0 Å². The molecule has 8 heteroatoms. The van der Waals surface area contributed by atoms with Crippen molar-refractivity contribution in [2.75, 3.05) is 11.4 Å². The third-order valence-corrected chi connectivity index (χ3v) is 11.0. The van der Waals surface area contributed by atoms with E-state index in [2.05, 4.69) is 56.4 Å². The van der Waals surface area contributed by atoms with Gasteiger partial charge in [-0.3, -0.25) is 0 Å². The monoisotopic (exact) mass is 495 g/mol. The Morgan fingerprint density at radius 3 is 2.44 bits per heavy atom. The van der Waals surface area contributed by atoms with Crippen LogP contribution < -0.4 is 20.2 Å². The number of halogens is 1. The zero-order chi connectivity index (χ0) is 22.4. The molecule has 2 aliphatic heterocycles. The zero-order valence-corrected chi connectivity index (χ0v) is 20.6. The molecule has 2 nitrogen and oxygen atoms in total. The maximum absolute atomic E-state index is 17.6. The zero-order valence-electron chi connectivity index (χ0n) is 18.1. The third kappa shape index (κ3) is 2.31. The van der Waals surface area contributed by atoms with Crippen molar-refractivity contribution in [1.82, 2.24) is 0 Å². The van der Waals surface area contributed by atoms with E-state index < -0.39 is 6.56 Å². The molecule has 6 aromatic rings. The Morgan fingerprint density at radius 1 is 0.853 bits per heavy atom. The van der Waals surface area contributed by atoms with Gasteiger partial charge in [-0.25, -0.2) is 0 Å². The van der Waals surface area contributed by atoms with E-state index in [1.54, 1.807) is 11.3 Å². The Bertz CT molecular complexity index is 1740. The lowest BCUT2D eigenvalue weighted by molar-refractivity contribution is -0.617. The molecule has 8 rings (SSSR count). The van der Waals surface area contributed by atoms with Crippen LogP contribution in [0.1, 0.15) is 0 Å². The van der Waals surface area contributed by atoms with Gasteiger partial charge >= 0.3 is 6.56 Å². The summed E-state index contributed by atoms with van der Waals surface area (Å²) in [6, 6.07) is 24.9. The van der Waals surface area contributed by atoms with Gasteiger partial charge in [0.05, 0.1) is 10.6 Å². The molecule has 4 aromatic heterocycles. The van der Waals surface area contributed by atoms with Crippen molar-refractivity contribution in [1.29, 1.82) is 0 Å². The summed E-state index contributed by atoms with van der Waals surface area (Å²) >= 11 is 5.35. The van der Waals surface area contributed by atoms with E-state index in [0.29, 0.717) is 6.54 Å². The van der Waals surface area contributed by atoms with Crippen LogP contribution in [0, 0.1) is 0 Å². The summed E-state index contributed by atoms with van der Waals surface area (Å²) in [6.07, 6.45) is 0. The van der Waals surface area contributed by atoms with Crippen LogP contribution in [-0.2, 0) is 6.54 Å². The second kappa shape index (κ2) is 6.87. The summed E-state index contributed by atoms with van der Waals surface area (Å²) in [5, 5.41) is 5.66. The van der Waals surface area contributed by atoms with Gasteiger partial charge in [0, 0.05) is 16.1 Å². The first-order valence-electron chi connectivity index (χ1n) is 11.6. The summed E-state index contributed by atoms with van der Waals surface area (Å²) in [7, 11) is 0. The van der Waals surface area contributed by atoms with Crippen molar-refractivity contribution >= 4 is 83.9 Å². The highest BCUT2D eigenvalue weighted by molar-refractivity contribution is 7.32. The van der Waals surface area contributed by atoms with Crippen molar-refractivity contribution < 1.29 is 8.79 Å².